The first kappa shape index (κ1) is 25.5. The fourth-order valence-electron chi connectivity index (χ4n) is 3.76. The van der Waals surface area contributed by atoms with Crippen LogP contribution in [0, 0.1) is 0 Å². The molecule has 3 rings (SSSR count). The third kappa shape index (κ3) is 5.51. The molecule has 184 valence electrons. The van der Waals surface area contributed by atoms with Gasteiger partial charge in [0.05, 0.1) is 23.3 Å². The summed E-state index contributed by atoms with van der Waals surface area (Å²) in [6, 6.07) is 12.2. The number of ether oxygens (including phenoxy) is 2. The highest BCUT2D eigenvalue weighted by molar-refractivity contribution is 7.92. The van der Waals surface area contributed by atoms with Crippen LogP contribution < -0.4 is 9.04 Å². The van der Waals surface area contributed by atoms with E-state index in [0.717, 1.165) is 23.9 Å². The van der Waals surface area contributed by atoms with E-state index in [9.17, 15) is 18.0 Å². The third-order valence-corrected chi connectivity index (χ3v) is 7.72. The number of nitrogens with zero attached hydrogens (tertiary/aromatic N) is 3. The van der Waals surface area contributed by atoms with Gasteiger partial charge in [-0.15, -0.1) is 0 Å². The van der Waals surface area contributed by atoms with Crippen molar-refractivity contribution in [2.45, 2.75) is 24.8 Å². The Labute approximate surface area is 200 Å². The molecule has 1 atom stereocenters. The number of carbonyl (C=O) groups excluding carboxylic acids is 2. The SMILES string of the molecule is CCN1CCN(C(=O)[C@H](C)OC(=O)c2ccc(S(=O)(=O)N(C)c3ccccc3OC)cc2)CC1. The standard InChI is InChI=1S/C24H31N3O6S/c1-5-26-14-16-27(17-15-26)23(28)18(2)33-24(29)19-10-12-20(13-11-19)34(30,31)25(3)21-8-6-7-9-22(21)32-4/h6-13,18H,5,14-17H2,1-4H3/t18-/m0/s1. The van der Waals surface area contributed by atoms with Crippen LogP contribution in [0.15, 0.2) is 53.4 Å². The zero-order valence-corrected chi connectivity index (χ0v) is 20.7. The van der Waals surface area contributed by atoms with E-state index in [1.807, 2.05) is 0 Å². The van der Waals surface area contributed by atoms with Crippen molar-refractivity contribution in [2.75, 3.05) is 51.2 Å². The fourth-order valence-corrected chi connectivity index (χ4v) is 4.97. The van der Waals surface area contributed by atoms with Gasteiger partial charge in [0.25, 0.3) is 15.9 Å². The van der Waals surface area contributed by atoms with Crippen molar-refractivity contribution in [3.63, 3.8) is 0 Å². The number of hydrogen-bond donors (Lipinski definition) is 0. The first-order valence-corrected chi connectivity index (χ1v) is 12.6. The molecule has 10 heteroatoms. The molecule has 0 N–H and O–H groups in total. The van der Waals surface area contributed by atoms with Gasteiger partial charge in [0.1, 0.15) is 5.75 Å². The summed E-state index contributed by atoms with van der Waals surface area (Å²) in [5.41, 5.74) is 0.551. The summed E-state index contributed by atoms with van der Waals surface area (Å²) < 4.78 is 37.9. The summed E-state index contributed by atoms with van der Waals surface area (Å²) in [7, 11) is -0.986. The predicted molar refractivity (Wildman–Crippen MR) is 129 cm³/mol. The summed E-state index contributed by atoms with van der Waals surface area (Å²) in [5, 5.41) is 0. The number of sulfonamides is 1. The number of piperazine rings is 1. The molecule has 0 saturated carbocycles. The Balaban J connectivity index is 1.66. The molecular formula is C24H31N3O6S. The molecule has 0 aliphatic carbocycles. The van der Waals surface area contributed by atoms with E-state index in [-0.39, 0.29) is 16.4 Å². The Morgan fingerprint density at radius 1 is 1.03 bits per heavy atom. The molecule has 1 saturated heterocycles. The van der Waals surface area contributed by atoms with Crippen LogP contribution >= 0.6 is 0 Å². The van der Waals surface area contributed by atoms with Gasteiger partial charge in [-0.3, -0.25) is 9.10 Å². The van der Waals surface area contributed by atoms with Crippen LogP contribution in [0.1, 0.15) is 24.2 Å². The second-order valence-electron chi connectivity index (χ2n) is 7.98. The van der Waals surface area contributed by atoms with E-state index in [0.29, 0.717) is 24.5 Å². The van der Waals surface area contributed by atoms with E-state index in [1.165, 1.54) is 38.4 Å². The van der Waals surface area contributed by atoms with E-state index >= 15 is 0 Å². The highest BCUT2D eigenvalue weighted by atomic mass is 32.2. The van der Waals surface area contributed by atoms with Crippen molar-refractivity contribution in [2.24, 2.45) is 0 Å². The maximum Gasteiger partial charge on any atom is 0.338 e. The summed E-state index contributed by atoms with van der Waals surface area (Å²) in [4.78, 5) is 29.2. The van der Waals surface area contributed by atoms with Crippen LogP contribution in [-0.2, 0) is 19.6 Å². The van der Waals surface area contributed by atoms with Crippen molar-refractivity contribution in [1.29, 1.82) is 0 Å². The lowest BCUT2D eigenvalue weighted by Gasteiger charge is -2.35. The summed E-state index contributed by atoms with van der Waals surface area (Å²) in [6.07, 6.45) is -0.930. The predicted octanol–water partition coefficient (Wildman–Crippen LogP) is 2.23. The maximum atomic E-state index is 13.1. The Morgan fingerprint density at radius 2 is 1.65 bits per heavy atom. The highest BCUT2D eigenvalue weighted by Crippen LogP contribution is 2.30. The van der Waals surface area contributed by atoms with Gasteiger partial charge < -0.3 is 19.3 Å². The van der Waals surface area contributed by atoms with Gasteiger partial charge in [-0.1, -0.05) is 19.1 Å². The Hall–Kier alpha value is -3.11. The topological polar surface area (TPSA) is 96.5 Å². The van der Waals surface area contributed by atoms with Gasteiger partial charge in [-0.25, -0.2) is 13.2 Å². The molecule has 0 radical (unpaired) electrons. The lowest BCUT2D eigenvalue weighted by Crippen LogP contribution is -2.51. The van der Waals surface area contributed by atoms with Gasteiger partial charge in [0.15, 0.2) is 6.10 Å². The minimum atomic E-state index is -3.89. The minimum absolute atomic E-state index is 0.00961. The monoisotopic (exact) mass is 489 g/mol. The molecule has 1 heterocycles. The van der Waals surface area contributed by atoms with E-state index in [1.54, 1.807) is 36.1 Å². The molecule has 0 unspecified atom stereocenters. The maximum absolute atomic E-state index is 13.1. The molecule has 0 bridgehead atoms. The van der Waals surface area contributed by atoms with Gasteiger partial charge in [-0.2, -0.15) is 0 Å². The van der Waals surface area contributed by atoms with E-state index in [4.69, 9.17) is 9.47 Å². The normalized spacial score (nSPS) is 15.5. The molecule has 34 heavy (non-hydrogen) atoms. The van der Waals surface area contributed by atoms with Crippen molar-refractivity contribution in [1.82, 2.24) is 9.80 Å². The van der Waals surface area contributed by atoms with Gasteiger partial charge >= 0.3 is 5.97 Å². The molecule has 2 aromatic carbocycles. The van der Waals surface area contributed by atoms with Crippen molar-refractivity contribution >= 4 is 27.6 Å². The average Bonchev–Trinajstić information content (AvgIpc) is 2.87. The zero-order valence-electron chi connectivity index (χ0n) is 19.9. The molecule has 0 aromatic heterocycles. The van der Waals surface area contributed by atoms with Gasteiger partial charge in [0.2, 0.25) is 0 Å². The Kier molecular flexibility index (Phi) is 8.16. The molecular weight excluding hydrogens is 458 g/mol. The number of hydrogen-bond acceptors (Lipinski definition) is 7. The summed E-state index contributed by atoms with van der Waals surface area (Å²) >= 11 is 0. The Bertz CT molecular complexity index is 1110. The molecule has 1 aliphatic rings. The largest absolute Gasteiger partial charge is 0.495 e. The smallest absolute Gasteiger partial charge is 0.338 e. The number of methoxy groups -OCH3 is 1. The van der Waals surface area contributed by atoms with Crippen molar-refractivity contribution < 1.29 is 27.5 Å². The molecule has 9 nitrogen and oxygen atoms in total. The average molecular weight is 490 g/mol. The first-order chi connectivity index (χ1) is 16.2. The second kappa shape index (κ2) is 10.9. The zero-order chi connectivity index (χ0) is 24.9. The molecule has 1 aliphatic heterocycles. The number of amides is 1. The molecule has 1 amide bonds. The number of esters is 1. The fraction of sp³-hybridized carbons (Fsp3) is 0.417. The second-order valence-corrected chi connectivity index (χ2v) is 9.95. The van der Waals surface area contributed by atoms with Gasteiger partial charge in [-0.05, 0) is 49.9 Å². The summed E-state index contributed by atoms with van der Waals surface area (Å²) in [6.45, 7) is 7.35. The van der Waals surface area contributed by atoms with Crippen LogP contribution in [0.3, 0.4) is 0 Å². The Morgan fingerprint density at radius 3 is 2.24 bits per heavy atom. The van der Waals surface area contributed by atoms with Crippen molar-refractivity contribution in [3.8, 4) is 5.75 Å². The lowest BCUT2D eigenvalue weighted by molar-refractivity contribution is -0.141. The third-order valence-electron chi connectivity index (χ3n) is 5.94. The summed E-state index contributed by atoms with van der Waals surface area (Å²) in [5.74, 6) is -0.500. The number of carbonyl (C=O) groups is 2. The number of benzene rings is 2. The van der Waals surface area contributed by atoms with Crippen LogP contribution in [0.25, 0.3) is 0 Å². The minimum Gasteiger partial charge on any atom is -0.495 e. The number of likely N-dealkylation sites (N-methyl/N-ethyl adjacent to an activating group) is 1. The van der Waals surface area contributed by atoms with E-state index in [2.05, 4.69) is 11.8 Å². The van der Waals surface area contributed by atoms with Crippen LogP contribution in [0.4, 0.5) is 5.69 Å². The number of anilines is 1. The molecule has 0 spiro atoms. The first-order valence-electron chi connectivity index (χ1n) is 11.1. The highest BCUT2D eigenvalue weighted by Gasteiger charge is 2.28. The number of rotatable bonds is 8. The quantitative estimate of drug-likeness (QED) is 0.525. The molecule has 1 fully saturated rings. The van der Waals surface area contributed by atoms with Gasteiger partial charge in [0, 0.05) is 33.2 Å². The van der Waals surface area contributed by atoms with Crippen LogP contribution in [0.2, 0.25) is 0 Å². The van der Waals surface area contributed by atoms with Crippen LogP contribution in [0.5, 0.6) is 5.75 Å². The molecule has 2 aromatic rings. The van der Waals surface area contributed by atoms with Crippen LogP contribution in [-0.4, -0.2) is 83.1 Å². The van der Waals surface area contributed by atoms with Crippen molar-refractivity contribution in [3.05, 3.63) is 54.1 Å². The lowest BCUT2D eigenvalue weighted by atomic mass is 10.2. The number of para-hydroxylation sites is 2. The van der Waals surface area contributed by atoms with E-state index < -0.39 is 22.1 Å².